The number of aliphatic carboxylic acids is 1. The third kappa shape index (κ3) is 2.38. The minimum atomic E-state index is -0.801. The Morgan fingerprint density at radius 2 is 2.19 bits per heavy atom. The van der Waals surface area contributed by atoms with E-state index >= 15 is 0 Å². The van der Waals surface area contributed by atoms with Crippen LogP contribution in [0.5, 0.6) is 0 Å². The predicted molar refractivity (Wildman–Crippen MR) is 59.2 cm³/mol. The van der Waals surface area contributed by atoms with Crippen molar-refractivity contribution in [1.82, 2.24) is 4.98 Å². The van der Waals surface area contributed by atoms with Gasteiger partial charge in [-0.05, 0) is 19.3 Å². The van der Waals surface area contributed by atoms with Gasteiger partial charge in [0.05, 0.1) is 5.92 Å². The van der Waals surface area contributed by atoms with Gasteiger partial charge in [-0.3, -0.25) is 9.59 Å². The molecular formula is C10H12N2O3S. The summed E-state index contributed by atoms with van der Waals surface area (Å²) in [5, 5.41) is 13.9. The summed E-state index contributed by atoms with van der Waals surface area (Å²) in [6, 6.07) is 0. The number of nitrogens with one attached hydrogen (secondary N) is 1. The van der Waals surface area contributed by atoms with Crippen molar-refractivity contribution in [3.63, 3.8) is 0 Å². The van der Waals surface area contributed by atoms with Crippen LogP contribution in [0.1, 0.15) is 19.3 Å². The summed E-state index contributed by atoms with van der Waals surface area (Å²) in [5.74, 6) is -1.47. The standard InChI is InChI=1S/C10H12N2O3S/c13-8(12-10-11-3-4-16-10)6-1-2-7(5-6)9(14)15/h3-4,6-7H,1-2,5H2,(H,14,15)(H,11,12,13)/t6-,7-/m0/s1. The number of anilines is 1. The Labute approximate surface area is 96.5 Å². The summed E-state index contributed by atoms with van der Waals surface area (Å²) in [5.41, 5.74) is 0. The summed E-state index contributed by atoms with van der Waals surface area (Å²) < 4.78 is 0. The summed E-state index contributed by atoms with van der Waals surface area (Å²) in [7, 11) is 0. The Hall–Kier alpha value is -1.43. The quantitative estimate of drug-likeness (QED) is 0.840. The Kier molecular flexibility index (Phi) is 3.19. The molecule has 1 saturated carbocycles. The lowest BCUT2D eigenvalue weighted by molar-refractivity contribution is -0.141. The molecule has 1 heterocycles. The van der Waals surface area contributed by atoms with Crippen LogP contribution in [0.3, 0.4) is 0 Å². The highest BCUT2D eigenvalue weighted by Gasteiger charge is 2.33. The number of carbonyl (C=O) groups excluding carboxylic acids is 1. The molecule has 0 radical (unpaired) electrons. The normalized spacial score (nSPS) is 24.2. The first-order chi connectivity index (χ1) is 7.66. The minimum absolute atomic E-state index is 0.112. The van der Waals surface area contributed by atoms with Crippen LogP contribution in [0, 0.1) is 11.8 Å². The molecule has 1 fully saturated rings. The molecule has 16 heavy (non-hydrogen) atoms. The molecule has 86 valence electrons. The van der Waals surface area contributed by atoms with Crippen molar-refractivity contribution < 1.29 is 14.7 Å². The van der Waals surface area contributed by atoms with Crippen molar-refractivity contribution in [2.45, 2.75) is 19.3 Å². The van der Waals surface area contributed by atoms with E-state index in [1.807, 2.05) is 0 Å². The number of aromatic nitrogens is 1. The maximum atomic E-state index is 11.7. The highest BCUT2D eigenvalue weighted by molar-refractivity contribution is 7.13. The summed E-state index contributed by atoms with van der Waals surface area (Å²) >= 11 is 1.36. The number of amides is 1. The fourth-order valence-corrected chi connectivity index (χ4v) is 2.47. The van der Waals surface area contributed by atoms with Crippen LogP contribution in [-0.2, 0) is 9.59 Å². The average molecular weight is 240 g/mol. The van der Waals surface area contributed by atoms with E-state index in [1.165, 1.54) is 11.3 Å². The molecule has 0 saturated heterocycles. The summed E-state index contributed by atoms with van der Waals surface area (Å²) in [6.45, 7) is 0. The van der Waals surface area contributed by atoms with Gasteiger partial charge in [-0.2, -0.15) is 0 Å². The molecule has 0 aromatic carbocycles. The van der Waals surface area contributed by atoms with Crippen LogP contribution in [-0.4, -0.2) is 22.0 Å². The Morgan fingerprint density at radius 3 is 2.75 bits per heavy atom. The molecular weight excluding hydrogens is 228 g/mol. The number of hydrogen-bond donors (Lipinski definition) is 2. The van der Waals surface area contributed by atoms with Crippen LogP contribution in [0.25, 0.3) is 0 Å². The second kappa shape index (κ2) is 4.61. The van der Waals surface area contributed by atoms with Gasteiger partial charge >= 0.3 is 5.97 Å². The molecule has 0 spiro atoms. The maximum absolute atomic E-state index is 11.7. The molecule has 2 atom stereocenters. The zero-order chi connectivity index (χ0) is 11.5. The third-order valence-corrected chi connectivity index (χ3v) is 3.50. The lowest BCUT2D eigenvalue weighted by Crippen LogP contribution is -2.21. The molecule has 0 bridgehead atoms. The third-order valence-electron chi connectivity index (χ3n) is 2.82. The molecule has 2 N–H and O–H groups in total. The molecule has 5 nitrogen and oxygen atoms in total. The SMILES string of the molecule is O=C(O)[C@H]1CC[C@H](C(=O)Nc2nccs2)C1. The number of carbonyl (C=O) groups is 2. The van der Waals surface area contributed by atoms with Gasteiger partial charge in [0.1, 0.15) is 0 Å². The number of carboxylic acids is 1. The number of carboxylic acid groups (broad SMARTS) is 1. The first-order valence-electron chi connectivity index (χ1n) is 5.10. The van der Waals surface area contributed by atoms with E-state index in [1.54, 1.807) is 11.6 Å². The fraction of sp³-hybridized carbons (Fsp3) is 0.500. The van der Waals surface area contributed by atoms with E-state index in [2.05, 4.69) is 10.3 Å². The van der Waals surface area contributed by atoms with E-state index < -0.39 is 5.97 Å². The van der Waals surface area contributed by atoms with E-state index in [9.17, 15) is 9.59 Å². The second-order valence-electron chi connectivity index (χ2n) is 3.87. The van der Waals surface area contributed by atoms with Crippen molar-refractivity contribution in [3.8, 4) is 0 Å². The fourth-order valence-electron chi connectivity index (χ4n) is 1.94. The van der Waals surface area contributed by atoms with Crippen molar-refractivity contribution in [3.05, 3.63) is 11.6 Å². The van der Waals surface area contributed by atoms with Crippen molar-refractivity contribution >= 4 is 28.3 Å². The zero-order valence-corrected chi connectivity index (χ0v) is 9.37. The zero-order valence-electron chi connectivity index (χ0n) is 8.55. The van der Waals surface area contributed by atoms with Gasteiger partial charge in [0.15, 0.2) is 5.13 Å². The lowest BCUT2D eigenvalue weighted by Gasteiger charge is -2.08. The first-order valence-corrected chi connectivity index (χ1v) is 5.98. The van der Waals surface area contributed by atoms with Gasteiger partial charge in [0.25, 0.3) is 0 Å². The molecule has 1 aliphatic rings. The Bertz CT molecular complexity index is 391. The number of nitrogens with zero attached hydrogens (tertiary/aromatic N) is 1. The van der Waals surface area contributed by atoms with E-state index in [0.29, 0.717) is 24.4 Å². The molecule has 1 amide bonds. The predicted octanol–water partition coefficient (Wildman–Crippen LogP) is 1.58. The van der Waals surface area contributed by atoms with Crippen molar-refractivity contribution in [2.24, 2.45) is 11.8 Å². The summed E-state index contributed by atoms with van der Waals surface area (Å²) in [4.78, 5) is 26.4. The number of thiazole rings is 1. The lowest BCUT2D eigenvalue weighted by atomic mass is 10.0. The highest BCUT2D eigenvalue weighted by Crippen LogP contribution is 2.31. The van der Waals surface area contributed by atoms with Gasteiger partial charge < -0.3 is 10.4 Å². The van der Waals surface area contributed by atoms with Crippen molar-refractivity contribution in [2.75, 3.05) is 5.32 Å². The monoisotopic (exact) mass is 240 g/mol. The van der Waals surface area contributed by atoms with E-state index in [-0.39, 0.29) is 17.7 Å². The Morgan fingerprint density at radius 1 is 1.44 bits per heavy atom. The minimum Gasteiger partial charge on any atom is -0.481 e. The van der Waals surface area contributed by atoms with Gasteiger partial charge in [-0.1, -0.05) is 0 Å². The van der Waals surface area contributed by atoms with Crippen LogP contribution in [0.2, 0.25) is 0 Å². The highest BCUT2D eigenvalue weighted by atomic mass is 32.1. The largest absolute Gasteiger partial charge is 0.481 e. The van der Waals surface area contributed by atoms with Crippen LogP contribution in [0.15, 0.2) is 11.6 Å². The van der Waals surface area contributed by atoms with Crippen molar-refractivity contribution in [1.29, 1.82) is 0 Å². The second-order valence-corrected chi connectivity index (χ2v) is 4.77. The van der Waals surface area contributed by atoms with E-state index in [0.717, 1.165) is 0 Å². The van der Waals surface area contributed by atoms with Crippen LogP contribution >= 0.6 is 11.3 Å². The van der Waals surface area contributed by atoms with Gasteiger partial charge in [-0.25, -0.2) is 4.98 Å². The smallest absolute Gasteiger partial charge is 0.306 e. The number of hydrogen-bond acceptors (Lipinski definition) is 4. The molecule has 1 aromatic heterocycles. The van der Waals surface area contributed by atoms with Gasteiger partial charge in [-0.15, -0.1) is 11.3 Å². The van der Waals surface area contributed by atoms with Gasteiger partial charge in [0, 0.05) is 17.5 Å². The molecule has 1 aromatic rings. The molecule has 2 rings (SSSR count). The number of rotatable bonds is 3. The Balaban J connectivity index is 1.90. The molecule has 0 aliphatic heterocycles. The van der Waals surface area contributed by atoms with Gasteiger partial charge in [0.2, 0.25) is 5.91 Å². The average Bonchev–Trinajstić information content (AvgIpc) is 2.86. The maximum Gasteiger partial charge on any atom is 0.306 e. The first kappa shape index (κ1) is 11.1. The molecule has 0 unspecified atom stereocenters. The topological polar surface area (TPSA) is 79.3 Å². The molecule has 6 heteroatoms. The van der Waals surface area contributed by atoms with Crippen LogP contribution < -0.4 is 5.32 Å². The van der Waals surface area contributed by atoms with Crippen LogP contribution in [0.4, 0.5) is 5.13 Å². The van der Waals surface area contributed by atoms with E-state index in [4.69, 9.17) is 5.11 Å². The summed E-state index contributed by atoms with van der Waals surface area (Å²) in [6.07, 6.45) is 3.29. The molecule has 1 aliphatic carbocycles.